The number of hydrogen-bond donors (Lipinski definition) is 2. The van der Waals surface area contributed by atoms with Gasteiger partial charge in [-0.1, -0.05) is 0 Å². The van der Waals surface area contributed by atoms with Gasteiger partial charge in [-0.05, 0) is 43.4 Å². The Morgan fingerprint density at radius 1 is 1.05 bits per heavy atom. The zero-order valence-electron chi connectivity index (χ0n) is 11.7. The highest BCUT2D eigenvalue weighted by atomic mass is 16.5. The van der Waals surface area contributed by atoms with E-state index >= 15 is 0 Å². The van der Waals surface area contributed by atoms with E-state index in [9.17, 15) is 5.11 Å². The van der Waals surface area contributed by atoms with Crippen molar-refractivity contribution in [2.24, 2.45) is 0 Å². The smallest absolute Gasteiger partial charge is 0.122 e. The van der Waals surface area contributed by atoms with Crippen LogP contribution in [-0.4, -0.2) is 31.5 Å². The summed E-state index contributed by atoms with van der Waals surface area (Å²) in [6, 6.07) is 6.42. The average molecular weight is 265 g/mol. The Hall–Kier alpha value is -1.26. The van der Waals surface area contributed by atoms with Crippen LogP contribution >= 0.6 is 0 Å². The third-order valence-electron chi connectivity index (χ3n) is 3.70. The zero-order chi connectivity index (χ0) is 13.7. The van der Waals surface area contributed by atoms with Crippen molar-refractivity contribution in [3.05, 3.63) is 23.8 Å². The fraction of sp³-hybridized carbons (Fsp3) is 0.600. The third-order valence-corrected chi connectivity index (χ3v) is 3.70. The van der Waals surface area contributed by atoms with Gasteiger partial charge in [-0.3, -0.25) is 0 Å². The normalized spacial score (nSPS) is 23.1. The number of aliphatic hydroxyl groups is 1. The van der Waals surface area contributed by atoms with Crippen molar-refractivity contribution < 1.29 is 14.6 Å². The van der Waals surface area contributed by atoms with Gasteiger partial charge in [0.25, 0.3) is 0 Å². The van der Waals surface area contributed by atoms with Crippen molar-refractivity contribution >= 4 is 0 Å². The second kappa shape index (κ2) is 6.78. The van der Waals surface area contributed by atoms with Crippen LogP contribution in [0, 0.1) is 0 Å². The lowest BCUT2D eigenvalue weighted by atomic mass is 9.93. The first-order chi connectivity index (χ1) is 9.21. The van der Waals surface area contributed by atoms with Gasteiger partial charge < -0.3 is 19.9 Å². The molecule has 106 valence electrons. The molecule has 0 atom stereocenters. The van der Waals surface area contributed by atoms with Crippen molar-refractivity contribution in [3.63, 3.8) is 0 Å². The number of methoxy groups -OCH3 is 2. The van der Waals surface area contributed by atoms with E-state index in [2.05, 4.69) is 5.32 Å². The molecule has 0 bridgehead atoms. The van der Waals surface area contributed by atoms with Crippen molar-refractivity contribution in [2.45, 2.75) is 44.4 Å². The summed E-state index contributed by atoms with van der Waals surface area (Å²) in [5, 5.41) is 13.0. The van der Waals surface area contributed by atoms with E-state index in [4.69, 9.17) is 9.47 Å². The molecule has 0 spiro atoms. The van der Waals surface area contributed by atoms with E-state index in [0.29, 0.717) is 6.04 Å². The molecule has 0 unspecified atom stereocenters. The number of hydrogen-bond acceptors (Lipinski definition) is 4. The number of ether oxygens (including phenoxy) is 2. The van der Waals surface area contributed by atoms with Gasteiger partial charge >= 0.3 is 0 Å². The Balaban J connectivity index is 1.91. The zero-order valence-corrected chi connectivity index (χ0v) is 11.7. The predicted octanol–water partition coefficient (Wildman–Crippen LogP) is 2.10. The van der Waals surface area contributed by atoms with Crippen molar-refractivity contribution in [1.82, 2.24) is 5.32 Å². The minimum Gasteiger partial charge on any atom is -0.497 e. The van der Waals surface area contributed by atoms with Crippen LogP contribution in [0.3, 0.4) is 0 Å². The maximum absolute atomic E-state index is 9.49. The van der Waals surface area contributed by atoms with Crippen molar-refractivity contribution in [3.8, 4) is 11.5 Å². The monoisotopic (exact) mass is 265 g/mol. The van der Waals surface area contributed by atoms with Gasteiger partial charge in [0.2, 0.25) is 0 Å². The predicted molar refractivity (Wildman–Crippen MR) is 74.6 cm³/mol. The SMILES string of the molecule is COc1cc(CNC2CCC(O)CC2)cc(OC)c1. The summed E-state index contributed by atoms with van der Waals surface area (Å²) in [4.78, 5) is 0. The van der Waals surface area contributed by atoms with E-state index in [-0.39, 0.29) is 6.10 Å². The molecule has 0 aromatic heterocycles. The Bertz CT molecular complexity index is 378. The minimum atomic E-state index is -0.102. The molecule has 1 fully saturated rings. The number of nitrogens with one attached hydrogen (secondary N) is 1. The second-order valence-electron chi connectivity index (χ2n) is 5.11. The Kier molecular flexibility index (Phi) is 5.05. The molecule has 0 saturated heterocycles. The molecular formula is C15H23NO3. The average Bonchev–Trinajstić information content (AvgIpc) is 2.46. The topological polar surface area (TPSA) is 50.7 Å². The Morgan fingerprint density at radius 3 is 2.16 bits per heavy atom. The molecule has 0 radical (unpaired) electrons. The van der Waals surface area contributed by atoms with E-state index in [1.165, 1.54) is 0 Å². The maximum atomic E-state index is 9.49. The maximum Gasteiger partial charge on any atom is 0.122 e. The molecule has 19 heavy (non-hydrogen) atoms. The van der Waals surface area contributed by atoms with E-state index < -0.39 is 0 Å². The Labute approximate surface area is 114 Å². The quantitative estimate of drug-likeness (QED) is 0.856. The highest BCUT2D eigenvalue weighted by Crippen LogP contribution is 2.23. The summed E-state index contributed by atoms with van der Waals surface area (Å²) in [6.07, 6.45) is 3.79. The molecule has 1 aliphatic carbocycles. The van der Waals surface area contributed by atoms with Gasteiger partial charge in [-0.2, -0.15) is 0 Å². The molecule has 0 heterocycles. The molecule has 4 nitrogen and oxygen atoms in total. The first-order valence-corrected chi connectivity index (χ1v) is 6.84. The van der Waals surface area contributed by atoms with Crippen LogP contribution in [0.25, 0.3) is 0 Å². The van der Waals surface area contributed by atoms with Crippen LogP contribution in [-0.2, 0) is 6.54 Å². The standard InChI is InChI=1S/C15H23NO3/c1-18-14-7-11(8-15(9-14)19-2)10-16-12-3-5-13(17)6-4-12/h7-9,12-13,16-17H,3-6,10H2,1-2H3. The largest absolute Gasteiger partial charge is 0.497 e. The van der Waals surface area contributed by atoms with Crippen molar-refractivity contribution in [1.29, 1.82) is 0 Å². The highest BCUT2D eigenvalue weighted by molar-refractivity contribution is 5.38. The van der Waals surface area contributed by atoms with Gasteiger partial charge in [-0.25, -0.2) is 0 Å². The summed E-state index contributed by atoms with van der Waals surface area (Å²) in [5.41, 5.74) is 1.15. The van der Waals surface area contributed by atoms with Crippen LogP contribution in [0.4, 0.5) is 0 Å². The fourth-order valence-electron chi connectivity index (χ4n) is 2.51. The van der Waals surface area contributed by atoms with Crippen LogP contribution in [0.5, 0.6) is 11.5 Å². The molecule has 2 rings (SSSR count). The minimum absolute atomic E-state index is 0.102. The van der Waals surface area contributed by atoms with Crippen LogP contribution in [0.15, 0.2) is 18.2 Å². The van der Waals surface area contributed by atoms with E-state index in [1.54, 1.807) is 14.2 Å². The van der Waals surface area contributed by atoms with Gasteiger partial charge in [0, 0.05) is 18.7 Å². The molecule has 4 heteroatoms. The van der Waals surface area contributed by atoms with Crippen LogP contribution in [0.2, 0.25) is 0 Å². The van der Waals surface area contributed by atoms with Crippen LogP contribution in [0.1, 0.15) is 31.2 Å². The molecule has 2 N–H and O–H groups in total. The highest BCUT2D eigenvalue weighted by Gasteiger charge is 2.18. The molecule has 1 aliphatic rings. The number of rotatable bonds is 5. The van der Waals surface area contributed by atoms with E-state index in [0.717, 1.165) is 49.3 Å². The van der Waals surface area contributed by atoms with Crippen LogP contribution < -0.4 is 14.8 Å². The van der Waals surface area contributed by atoms with E-state index in [1.807, 2.05) is 18.2 Å². The number of benzene rings is 1. The van der Waals surface area contributed by atoms with Gasteiger partial charge in [0.1, 0.15) is 11.5 Å². The summed E-state index contributed by atoms with van der Waals surface area (Å²) in [7, 11) is 3.32. The van der Waals surface area contributed by atoms with Crippen molar-refractivity contribution in [2.75, 3.05) is 14.2 Å². The van der Waals surface area contributed by atoms with Gasteiger partial charge in [0.15, 0.2) is 0 Å². The molecule has 1 aromatic rings. The third kappa shape index (κ3) is 4.11. The summed E-state index contributed by atoms with van der Waals surface area (Å²) in [6.45, 7) is 0.800. The Morgan fingerprint density at radius 2 is 1.63 bits per heavy atom. The van der Waals surface area contributed by atoms with Gasteiger partial charge in [-0.15, -0.1) is 0 Å². The molecule has 1 aromatic carbocycles. The first kappa shape index (κ1) is 14.2. The molecular weight excluding hydrogens is 242 g/mol. The summed E-state index contributed by atoms with van der Waals surface area (Å²) < 4.78 is 10.5. The van der Waals surface area contributed by atoms with Gasteiger partial charge in [0.05, 0.1) is 20.3 Å². The lowest BCUT2D eigenvalue weighted by molar-refractivity contribution is 0.116. The molecule has 0 amide bonds. The summed E-state index contributed by atoms with van der Waals surface area (Å²) in [5.74, 6) is 1.63. The molecule has 1 saturated carbocycles. The lowest BCUT2D eigenvalue weighted by Gasteiger charge is -2.26. The summed E-state index contributed by atoms with van der Waals surface area (Å²) >= 11 is 0. The molecule has 0 aliphatic heterocycles. The first-order valence-electron chi connectivity index (χ1n) is 6.84. The number of aliphatic hydroxyl groups excluding tert-OH is 1. The second-order valence-corrected chi connectivity index (χ2v) is 5.11. The lowest BCUT2D eigenvalue weighted by Crippen LogP contribution is -2.34. The fourth-order valence-corrected chi connectivity index (χ4v) is 2.51.